The van der Waals surface area contributed by atoms with E-state index in [0.717, 1.165) is 25.2 Å². The van der Waals surface area contributed by atoms with Gasteiger partial charge in [0.25, 0.3) is 0 Å². The maximum Gasteiger partial charge on any atom is 0.0749 e. The maximum atomic E-state index is 10.6. The van der Waals surface area contributed by atoms with Crippen molar-refractivity contribution in [3.63, 3.8) is 0 Å². The number of aliphatic hydroxyl groups is 2. The molecular formula is C25H43NO2. The summed E-state index contributed by atoms with van der Waals surface area (Å²) in [6.07, 6.45) is 18.1. The Labute approximate surface area is 172 Å². The summed E-state index contributed by atoms with van der Waals surface area (Å²) < 4.78 is 0. The Bertz CT molecular complexity index is 541. The van der Waals surface area contributed by atoms with Crippen LogP contribution >= 0.6 is 0 Å². The molecule has 0 spiro atoms. The topological polar surface area (TPSA) is 43.7 Å². The van der Waals surface area contributed by atoms with Gasteiger partial charge in [-0.25, -0.2) is 0 Å². The minimum atomic E-state index is -0.326. The van der Waals surface area contributed by atoms with Crippen LogP contribution in [0.5, 0.6) is 0 Å². The zero-order valence-corrected chi connectivity index (χ0v) is 18.4. The molecule has 0 aromatic carbocycles. The van der Waals surface area contributed by atoms with Crippen molar-refractivity contribution in [2.24, 2.45) is 29.6 Å². The molecule has 2 saturated carbocycles. The van der Waals surface area contributed by atoms with Gasteiger partial charge in [0.05, 0.1) is 12.2 Å². The first-order valence-electron chi connectivity index (χ1n) is 11.9. The van der Waals surface area contributed by atoms with Crippen molar-refractivity contribution < 1.29 is 10.2 Å². The molecule has 3 heteroatoms. The first kappa shape index (κ1) is 22.1. The van der Waals surface area contributed by atoms with Gasteiger partial charge in [-0.3, -0.25) is 0 Å². The van der Waals surface area contributed by atoms with Crippen LogP contribution in [-0.4, -0.2) is 48.0 Å². The second-order valence-corrected chi connectivity index (χ2v) is 10.1. The molecule has 0 aromatic rings. The largest absolute Gasteiger partial charge is 0.392 e. The maximum absolute atomic E-state index is 10.6. The van der Waals surface area contributed by atoms with Crippen molar-refractivity contribution in [3.05, 3.63) is 23.8 Å². The van der Waals surface area contributed by atoms with Gasteiger partial charge in [-0.05, 0) is 89.3 Å². The fourth-order valence-corrected chi connectivity index (χ4v) is 5.94. The van der Waals surface area contributed by atoms with Gasteiger partial charge in [-0.1, -0.05) is 50.0 Å². The lowest BCUT2D eigenvalue weighted by molar-refractivity contribution is 0.135. The molecule has 0 aromatic heterocycles. The monoisotopic (exact) mass is 389 g/mol. The first-order valence-corrected chi connectivity index (χ1v) is 11.9. The lowest BCUT2D eigenvalue weighted by Gasteiger charge is -2.20. The quantitative estimate of drug-likeness (QED) is 0.417. The van der Waals surface area contributed by atoms with Crippen LogP contribution in [0, 0.1) is 29.6 Å². The molecule has 3 nitrogen and oxygen atoms in total. The van der Waals surface area contributed by atoms with E-state index in [0.29, 0.717) is 17.8 Å². The van der Waals surface area contributed by atoms with Gasteiger partial charge in [-0.15, -0.1) is 0 Å². The zero-order chi connectivity index (χ0) is 20.1. The zero-order valence-electron chi connectivity index (χ0n) is 18.4. The van der Waals surface area contributed by atoms with Crippen molar-refractivity contribution in [1.82, 2.24) is 4.90 Å². The van der Waals surface area contributed by atoms with Crippen LogP contribution in [0.2, 0.25) is 0 Å². The number of rotatable bonds is 10. The normalized spacial score (nSPS) is 36.4. The molecule has 160 valence electrons. The predicted molar refractivity (Wildman–Crippen MR) is 117 cm³/mol. The molecule has 2 unspecified atom stereocenters. The van der Waals surface area contributed by atoms with Crippen LogP contribution in [0.15, 0.2) is 23.8 Å². The minimum Gasteiger partial charge on any atom is -0.392 e. The number of unbranched alkanes of at least 4 members (excludes halogenated alkanes) is 2. The summed E-state index contributed by atoms with van der Waals surface area (Å²) in [7, 11) is 4.29. The third-order valence-corrected chi connectivity index (χ3v) is 7.73. The Morgan fingerprint density at radius 3 is 2.71 bits per heavy atom. The molecule has 0 radical (unpaired) electrons. The van der Waals surface area contributed by atoms with Gasteiger partial charge in [0.15, 0.2) is 0 Å². The Kier molecular flexibility index (Phi) is 8.20. The molecule has 3 aliphatic carbocycles. The van der Waals surface area contributed by atoms with Crippen molar-refractivity contribution in [1.29, 1.82) is 0 Å². The average molecular weight is 390 g/mol. The number of aliphatic hydroxyl groups excluding tert-OH is 2. The van der Waals surface area contributed by atoms with E-state index in [2.05, 4.69) is 38.1 Å². The number of hydrogen-bond donors (Lipinski definition) is 2. The van der Waals surface area contributed by atoms with E-state index in [1.165, 1.54) is 51.5 Å². The lowest BCUT2D eigenvalue weighted by atomic mass is 9.87. The minimum absolute atomic E-state index is 0.227. The van der Waals surface area contributed by atoms with E-state index in [1.54, 1.807) is 5.57 Å². The highest BCUT2D eigenvalue weighted by molar-refractivity contribution is 5.21. The molecular weight excluding hydrogens is 346 g/mol. The van der Waals surface area contributed by atoms with E-state index < -0.39 is 0 Å². The molecule has 28 heavy (non-hydrogen) atoms. The summed E-state index contributed by atoms with van der Waals surface area (Å²) in [5.41, 5.74) is 1.62. The second-order valence-electron chi connectivity index (χ2n) is 10.1. The van der Waals surface area contributed by atoms with Gasteiger partial charge in [0.1, 0.15) is 0 Å². The van der Waals surface area contributed by atoms with Gasteiger partial charge in [0, 0.05) is 5.92 Å². The first-order chi connectivity index (χ1) is 13.5. The molecule has 0 heterocycles. The highest BCUT2D eigenvalue weighted by Crippen LogP contribution is 2.48. The van der Waals surface area contributed by atoms with E-state index in [9.17, 15) is 10.2 Å². The SMILES string of the molecule is CCC1CCC([C@@H](O)C=C[C@@H]2[C@H]3CC(CCCCCN(C)C)=C[C@H]3C[C@H]2O)C1. The molecule has 3 rings (SSSR count). The number of nitrogens with zero attached hydrogens (tertiary/aromatic N) is 1. The lowest BCUT2D eigenvalue weighted by Crippen LogP contribution is -2.20. The number of hydrogen-bond acceptors (Lipinski definition) is 3. The fraction of sp³-hybridized carbons (Fsp3) is 0.840. The highest BCUT2D eigenvalue weighted by Gasteiger charge is 2.43. The van der Waals surface area contributed by atoms with Crippen molar-refractivity contribution in [3.8, 4) is 0 Å². The third-order valence-electron chi connectivity index (χ3n) is 7.73. The molecule has 0 bridgehead atoms. The Morgan fingerprint density at radius 2 is 2.00 bits per heavy atom. The Balaban J connectivity index is 1.45. The summed E-state index contributed by atoms with van der Waals surface area (Å²) in [6, 6.07) is 0. The third kappa shape index (κ3) is 5.70. The van der Waals surface area contributed by atoms with Crippen LogP contribution in [0.25, 0.3) is 0 Å². The smallest absolute Gasteiger partial charge is 0.0749 e. The molecule has 0 amide bonds. The van der Waals surface area contributed by atoms with Gasteiger partial charge in [0.2, 0.25) is 0 Å². The van der Waals surface area contributed by atoms with E-state index in [4.69, 9.17) is 0 Å². The number of fused-ring (bicyclic) bond motifs is 1. The summed E-state index contributed by atoms with van der Waals surface area (Å²) in [5, 5.41) is 21.2. The Morgan fingerprint density at radius 1 is 1.18 bits per heavy atom. The molecule has 2 N–H and O–H groups in total. The fourth-order valence-electron chi connectivity index (χ4n) is 5.94. The standard InChI is InChI=1S/C25H43NO2/c1-4-18-9-10-20(14-18)24(27)12-11-22-23-16-19(15-21(23)17-25(22)28)8-6-5-7-13-26(2)3/h11-12,15,18,20-25,27-28H,4-10,13-14,16-17H2,1-3H3/t18?,20?,21-,22+,23-,24-,25+/m0/s1. The summed E-state index contributed by atoms with van der Waals surface area (Å²) >= 11 is 0. The predicted octanol–water partition coefficient (Wildman–Crippen LogP) is 4.80. The van der Waals surface area contributed by atoms with Crippen molar-refractivity contribution in [2.45, 2.75) is 83.3 Å². The molecule has 0 saturated heterocycles. The molecule has 2 fully saturated rings. The molecule has 7 atom stereocenters. The average Bonchev–Trinajstić information content (AvgIpc) is 3.34. The van der Waals surface area contributed by atoms with Gasteiger partial charge < -0.3 is 15.1 Å². The van der Waals surface area contributed by atoms with E-state index in [-0.39, 0.29) is 18.1 Å². The van der Waals surface area contributed by atoms with Gasteiger partial charge in [-0.2, -0.15) is 0 Å². The van der Waals surface area contributed by atoms with E-state index in [1.807, 2.05) is 6.08 Å². The van der Waals surface area contributed by atoms with Crippen LogP contribution in [0.4, 0.5) is 0 Å². The summed E-state index contributed by atoms with van der Waals surface area (Å²) in [6.45, 7) is 3.45. The highest BCUT2D eigenvalue weighted by atomic mass is 16.3. The summed E-state index contributed by atoms with van der Waals surface area (Å²) in [4.78, 5) is 2.26. The Hall–Kier alpha value is -0.640. The van der Waals surface area contributed by atoms with Crippen molar-refractivity contribution >= 4 is 0 Å². The molecule has 0 aliphatic heterocycles. The second kappa shape index (κ2) is 10.4. The summed E-state index contributed by atoms with van der Waals surface area (Å²) in [5.74, 6) is 2.56. The molecule has 3 aliphatic rings. The van der Waals surface area contributed by atoms with Gasteiger partial charge >= 0.3 is 0 Å². The van der Waals surface area contributed by atoms with Crippen LogP contribution < -0.4 is 0 Å². The van der Waals surface area contributed by atoms with Crippen LogP contribution in [0.1, 0.15) is 71.1 Å². The van der Waals surface area contributed by atoms with Crippen LogP contribution in [-0.2, 0) is 0 Å². The van der Waals surface area contributed by atoms with Crippen LogP contribution in [0.3, 0.4) is 0 Å². The van der Waals surface area contributed by atoms with E-state index >= 15 is 0 Å². The number of allylic oxidation sites excluding steroid dienone is 2. The van der Waals surface area contributed by atoms with Crippen molar-refractivity contribution in [2.75, 3.05) is 20.6 Å².